The fourth-order valence-electron chi connectivity index (χ4n) is 3.21. The second-order valence-corrected chi connectivity index (χ2v) is 5.59. The molecule has 20 heavy (non-hydrogen) atoms. The molecule has 0 radical (unpaired) electrons. The van der Waals surface area contributed by atoms with Crippen molar-refractivity contribution in [3.8, 4) is 0 Å². The summed E-state index contributed by atoms with van der Waals surface area (Å²) in [6.45, 7) is 3.65. The molecular formula is C15H21N3O2. The predicted molar refractivity (Wildman–Crippen MR) is 79.0 cm³/mol. The third-order valence-corrected chi connectivity index (χ3v) is 4.28. The first kappa shape index (κ1) is 13.2. The maximum Gasteiger partial charge on any atom is 0.411 e. The monoisotopic (exact) mass is 275 g/mol. The van der Waals surface area contributed by atoms with Crippen LogP contribution in [0.15, 0.2) is 24.3 Å². The number of nitrogens with one attached hydrogen (secondary N) is 2. The standard InChI is InChI=1S/C15H21N3O2/c1-20-15(19)17-13-4-2-3-12(9-13)16-14-6-8-18-7-5-11(14)10-18/h2-4,9,11,14,16H,5-8,10H2,1H3,(H,17,19). The number of fused-ring (bicyclic) bond motifs is 2. The molecule has 1 aromatic carbocycles. The molecule has 0 spiro atoms. The van der Waals surface area contributed by atoms with Gasteiger partial charge in [0.15, 0.2) is 0 Å². The highest BCUT2D eigenvalue weighted by molar-refractivity contribution is 5.85. The zero-order valence-electron chi connectivity index (χ0n) is 11.8. The largest absolute Gasteiger partial charge is 0.453 e. The van der Waals surface area contributed by atoms with Crippen LogP contribution in [0.2, 0.25) is 0 Å². The van der Waals surface area contributed by atoms with Crippen LogP contribution in [-0.2, 0) is 4.74 Å². The molecule has 0 saturated carbocycles. The lowest BCUT2D eigenvalue weighted by Gasteiger charge is -2.31. The number of piperidine rings is 1. The van der Waals surface area contributed by atoms with Gasteiger partial charge in [0.1, 0.15) is 0 Å². The Hall–Kier alpha value is -1.75. The van der Waals surface area contributed by atoms with Crippen molar-refractivity contribution < 1.29 is 9.53 Å². The summed E-state index contributed by atoms with van der Waals surface area (Å²) in [6, 6.07) is 8.35. The van der Waals surface area contributed by atoms with E-state index >= 15 is 0 Å². The van der Waals surface area contributed by atoms with Crippen molar-refractivity contribution in [2.75, 3.05) is 37.4 Å². The maximum absolute atomic E-state index is 11.2. The highest BCUT2D eigenvalue weighted by atomic mass is 16.5. The molecule has 5 nitrogen and oxygen atoms in total. The van der Waals surface area contributed by atoms with E-state index in [1.165, 1.54) is 39.6 Å². The number of rotatable bonds is 3. The first-order valence-electron chi connectivity index (χ1n) is 7.18. The second kappa shape index (κ2) is 5.71. The molecule has 108 valence electrons. The van der Waals surface area contributed by atoms with Gasteiger partial charge in [-0.3, -0.25) is 5.32 Å². The van der Waals surface area contributed by atoms with Gasteiger partial charge in [-0.25, -0.2) is 4.79 Å². The Kier molecular flexibility index (Phi) is 3.78. The van der Waals surface area contributed by atoms with Gasteiger partial charge in [-0.15, -0.1) is 0 Å². The number of methoxy groups -OCH3 is 1. The zero-order valence-corrected chi connectivity index (χ0v) is 11.8. The molecule has 3 rings (SSSR count). The van der Waals surface area contributed by atoms with E-state index in [9.17, 15) is 4.79 Å². The summed E-state index contributed by atoms with van der Waals surface area (Å²) in [6.07, 6.45) is 2.04. The Balaban J connectivity index is 1.65. The van der Waals surface area contributed by atoms with Crippen molar-refractivity contribution in [1.29, 1.82) is 0 Å². The van der Waals surface area contributed by atoms with Gasteiger partial charge in [-0.2, -0.15) is 0 Å². The normalized spacial score (nSPS) is 27.9. The fourth-order valence-corrected chi connectivity index (χ4v) is 3.21. The second-order valence-electron chi connectivity index (χ2n) is 5.59. The van der Waals surface area contributed by atoms with Crippen molar-refractivity contribution in [2.45, 2.75) is 18.9 Å². The number of anilines is 2. The summed E-state index contributed by atoms with van der Waals surface area (Å²) in [4.78, 5) is 13.8. The average molecular weight is 275 g/mol. The molecule has 0 aromatic heterocycles. The average Bonchev–Trinajstić information content (AvgIpc) is 2.85. The molecule has 2 bridgehead atoms. The predicted octanol–water partition coefficient (Wildman–Crippen LogP) is 2.37. The molecule has 2 saturated heterocycles. The highest BCUT2D eigenvalue weighted by Crippen LogP contribution is 2.29. The first-order chi connectivity index (χ1) is 9.74. The minimum absolute atomic E-state index is 0.439. The third kappa shape index (κ3) is 2.88. The van der Waals surface area contributed by atoms with E-state index in [0.29, 0.717) is 6.04 Å². The summed E-state index contributed by atoms with van der Waals surface area (Å²) in [5.41, 5.74) is 1.81. The minimum Gasteiger partial charge on any atom is -0.453 e. The van der Waals surface area contributed by atoms with E-state index < -0.39 is 6.09 Å². The number of nitrogens with zero attached hydrogens (tertiary/aromatic N) is 1. The molecule has 3 atom stereocenters. The maximum atomic E-state index is 11.2. The van der Waals surface area contributed by atoms with E-state index in [1.807, 2.05) is 24.3 Å². The number of carbonyl (C=O) groups excluding carboxylic acids is 1. The van der Waals surface area contributed by atoms with Crippen molar-refractivity contribution in [1.82, 2.24) is 4.90 Å². The molecular weight excluding hydrogens is 254 g/mol. The summed E-state index contributed by atoms with van der Waals surface area (Å²) < 4.78 is 4.61. The van der Waals surface area contributed by atoms with Crippen molar-refractivity contribution in [3.63, 3.8) is 0 Å². The van der Waals surface area contributed by atoms with Crippen molar-refractivity contribution in [2.24, 2.45) is 5.92 Å². The number of hydrogen-bond donors (Lipinski definition) is 2. The summed E-state index contributed by atoms with van der Waals surface area (Å²) in [7, 11) is 1.37. The molecule has 3 unspecified atom stereocenters. The van der Waals surface area contributed by atoms with Gasteiger partial charge >= 0.3 is 6.09 Å². The van der Waals surface area contributed by atoms with Crippen molar-refractivity contribution in [3.05, 3.63) is 24.3 Å². The molecule has 2 heterocycles. The van der Waals surface area contributed by atoms with Gasteiger partial charge in [0, 0.05) is 30.5 Å². The van der Waals surface area contributed by atoms with E-state index in [-0.39, 0.29) is 0 Å². The highest BCUT2D eigenvalue weighted by Gasteiger charge is 2.33. The lowest BCUT2D eigenvalue weighted by atomic mass is 9.94. The van der Waals surface area contributed by atoms with E-state index in [2.05, 4.69) is 20.3 Å². The minimum atomic E-state index is -0.439. The molecule has 0 aliphatic carbocycles. The molecule has 2 aliphatic heterocycles. The number of ether oxygens (including phenoxy) is 1. The quantitative estimate of drug-likeness (QED) is 0.889. The molecule has 2 fully saturated rings. The summed E-state index contributed by atoms with van der Waals surface area (Å²) in [5.74, 6) is 0.751. The topological polar surface area (TPSA) is 53.6 Å². The Bertz CT molecular complexity index is 492. The molecule has 2 aliphatic rings. The Labute approximate surface area is 119 Å². The third-order valence-electron chi connectivity index (χ3n) is 4.28. The van der Waals surface area contributed by atoms with Crippen LogP contribution >= 0.6 is 0 Å². The Morgan fingerprint density at radius 3 is 2.95 bits per heavy atom. The van der Waals surface area contributed by atoms with E-state index in [4.69, 9.17) is 0 Å². The zero-order chi connectivity index (χ0) is 13.9. The van der Waals surface area contributed by atoms with Gasteiger partial charge in [0.2, 0.25) is 0 Å². The van der Waals surface area contributed by atoms with Crippen molar-refractivity contribution >= 4 is 17.5 Å². The van der Waals surface area contributed by atoms with Crippen LogP contribution in [0.5, 0.6) is 0 Å². The van der Waals surface area contributed by atoms with Crippen LogP contribution in [-0.4, -0.2) is 43.8 Å². The van der Waals surface area contributed by atoms with Gasteiger partial charge in [-0.1, -0.05) is 6.07 Å². The van der Waals surface area contributed by atoms with Gasteiger partial charge in [0.25, 0.3) is 0 Å². The van der Waals surface area contributed by atoms with Crippen LogP contribution in [0.1, 0.15) is 12.8 Å². The molecule has 5 heteroatoms. The lowest BCUT2D eigenvalue weighted by Crippen LogP contribution is -2.39. The van der Waals surface area contributed by atoms with Gasteiger partial charge in [0.05, 0.1) is 7.11 Å². The van der Waals surface area contributed by atoms with Crippen LogP contribution in [0, 0.1) is 5.92 Å². The molecule has 2 N–H and O–H groups in total. The first-order valence-corrected chi connectivity index (χ1v) is 7.18. The fraction of sp³-hybridized carbons (Fsp3) is 0.533. The number of benzene rings is 1. The summed E-state index contributed by atoms with van der Waals surface area (Å²) >= 11 is 0. The van der Waals surface area contributed by atoms with E-state index in [1.54, 1.807) is 0 Å². The van der Waals surface area contributed by atoms with Gasteiger partial charge in [-0.05, 0) is 43.5 Å². The van der Waals surface area contributed by atoms with Crippen LogP contribution in [0.4, 0.5) is 16.2 Å². The van der Waals surface area contributed by atoms with E-state index in [0.717, 1.165) is 17.3 Å². The SMILES string of the molecule is COC(=O)Nc1cccc(NC2CCN3CCC2C3)c1. The van der Waals surface area contributed by atoms with Crippen LogP contribution in [0.3, 0.4) is 0 Å². The smallest absolute Gasteiger partial charge is 0.411 e. The van der Waals surface area contributed by atoms with Crippen LogP contribution < -0.4 is 10.6 Å². The molecule has 1 aromatic rings. The lowest BCUT2D eigenvalue weighted by molar-refractivity contribution is 0.187. The number of carbonyl (C=O) groups is 1. The number of amides is 1. The van der Waals surface area contributed by atoms with Crippen LogP contribution in [0.25, 0.3) is 0 Å². The number of hydrogen-bond acceptors (Lipinski definition) is 4. The Morgan fingerprint density at radius 1 is 1.30 bits per heavy atom. The van der Waals surface area contributed by atoms with Gasteiger partial charge < -0.3 is 15.0 Å². The Morgan fingerprint density at radius 2 is 2.10 bits per heavy atom. The summed E-state index contributed by atoms with van der Waals surface area (Å²) in [5, 5.41) is 6.31. The molecule has 1 amide bonds.